The lowest BCUT2D eigenvalue weighted by Gasteiger charge is -2.46. The average molecular weight is 545 g/mol. The molecule has 0 aliphatic heterocycles. The maximum Gasteiger partial charge on any atom is 0.416 e. The Hall–Kier alpha value is -3.55. The number of anilines is 2. The Morgan fingerprint density at radius 1 is 1.13 bits per heavy atom. The normalized spacial score (nSPS) is 22.9. The first-order valence-electron chi connectivity index (χ1n) is 13.3. The van der Waals surface area contributed by atoms with Crippen molar-refractivity contribution in [3.63, 3.8) is 0 Å². The van der Waals surface area contributed by atoms with Crippen molar-refractivity contribution in [3.05, 3.63) is 47.2 Å². The average Bonchev–Trinajstić information content (AvgIpc) is 2.85. The lowest BCUT2D eigenvalue weighted by molar-refractivity contribution is -0.138. The summed E-state index contributed by atoms with van der Waals surface area (Å²) < 4.78 is 45.4. The summed E-state index contributed by atoms with van der Waals surface area (Å²) in [5.41, 5.74) is -0.926. The number of hydrogen-bond acceptors (Lipinski definition) is 7. The van der Waals surface area contributed by atoms with Gasteiger partial charge >= 0.3 is 12.3 Å². The lowest BCUT2D eigenvalue weighted by Crippen LogP contribution is -2.52. The predicted molar refractivity (Wildman–Crippen MR) is 141 cm³/mol. The van der Waals surface area contributed by atoms with Crippen molar-refractivity contribution in [1.29, 1.82) is 5.26 Å². The minimum atomic E-state index is -4.46. The maximum absolute atomic E-state index is 13.3. The van der Waals surface area contributed by atoms with E-state index in [1.165, 1.54) is 18.3 Å². The second kappa shape index (κ2) is 11.7. The van der Waals surface area contributed by atoms with Gasteiger partial charge in [0.1, 0.15) is 23.1 Å². The Morgan fingerprint density at radius 3 is 2.46 bits per heavy atom. The molecule has 1 aromatic heterocycles. The van der Waals surface area contributed by atoms with Crippen LogP contribution in [0.25, 0.3) is 0 Å². The van der Waals surface area contributed by atoms with Crippen LogP contribution in [-0.4, -0.2) is 34.2 Å². The quantitative estimate of drug-likeness (QED) is 0.386. The maximum atomic E-state index is 13.3. The fourth-order valence-electron chi connectivity index (χ4n) is 5.76. The van der Waals surface area contributed by atoms with Crippen LogP contribution in [0.3, 0.4) is 0 Å². The molecule has 2 aliphatic carbocycles. The molecular formula is C28H35F3N6O2. The number of nitriles is 1. The number of aromatic nitrogens is 2. The van der Waals surface area contributed by atoms with Crippen molar-refractivity contribution < 1.29 is 22.7 Å². The number of ether oxygens (including phenoxy) is 1. The molecule has 0 radical (unpaired) electrons. The van der Waals surface area contributed by atoms with E-state index in [9.17, 15) is 23.2 Å². The molecule has 2 saturated carbocycles. The summed E-state index contributed by atoms with van der Waals surface area (Å²) in [5, 5.41) is 18.8. The van der Waals surface area contributed by atoms with Gasteiger partial charge in [-0.05, 0) is 75.8 Å². The standard InChI is InChI=1S/C28H35F3N6O2/c1-27(2,3)39-26(38)36-23-18-8-6-9-19(23)12-17(11-18)14-33-24-21(13-32)16-35-25(37-24)34-15-20-7-4-5-10-22(20)28(29,30)31/h4-5,7,10,16-19,23H,6,8-9,11-12,14-15H2,1-3H3,(H,36,38)(H2,33,34,35,37)/t17?,18-,19+,23?. The minimum Gasteiger partial charge on any atom is -0.444 e. The molecule has 210 valence electrons. The number of carbonyl (C=O) groups excluding carboxylic acids is 1. The van der Waals surface area contributed by atoms with E-state index in [4.69, 9.17) is 4.74 Å². The van der Waals surface area contributed by atoms with Gasteiger partial charge in [-0.2, -0.15) is 23.4 Å². The van der Waals surface area contributed by atoms with Gasteiger partial charge in [-0.3, -0.25) is 0 Å². The van der Waals surface area contributed by atoms with Crippen molar-refractivity contribution in [2.75, 3.05) is 17.2 Å². The first-order valence-corrected chi connectivity index (χ1v) is 13.3. The number of halogens is 3. The van der Waals surface area contributed by atoms with Gasteiger partial charge in [-0.1, -0.05) is 24.6 Å². The summed E-state index contributed by atoms with van der Waals surface area (Å²) in [5.74, 6) is 1.51. The molecule has 4 rings (SSSR count). The zero-order valence-electron chi connectivity index (χ0n) is 22.4. The van der Waals surface area contributed by atoms with E-state index in [0.29, 0.717) is 30.1 Å². The van der Waals surface area contributed by atoms with Crippen LogP contribution in [0.5, 0.6) is 0 Å². The van der Waals surface area contributed by atoms with E-state index in [1.807, 2.05) is 20.8 Å². The number of fused-ring (bicyclic) bond motifs is 2. The number of hydrogen-bond donors (Lipinski definition) is 3. The van der Waals surface area contributed by atoms with Gasteiger partial charge in [0.05, 0.1) is 11.8 Å². The van der Waals surface area contributed by atoms with Gasteiger partial charge in [-0.15, -0.1) is 0 Å². The Morgan fingerprint density at radius 2 is 1.82 bits per heavy atom. The molecule has 3 N–H and O–H groups in total. The topological polar surface area (TPSA) is 112 Å². The monoisotopic (exact) mass is 544 g/mol. The highest BCUT2D eigenvalue weighted by molar-refractivity contribution is 5.68. The van der Waals surface area contributed by atoms with Gasteiger partial charge in [0.2, 0.25) is 5.95 Å². The molecule has 2 unspecified atom stereocenters. The highest BCUT2D eigenvalue weighted by atomic mass is 19.4. The molecule has 2 aliphatic rings. The first kappa shape index (κ1) is 28.5. The molecule has 1 aromatic carbocycles. The molecule has 4 atom stereocenters. The Labute approximate surface area is 226 Å². The molecule has 1 amide bonds. The van der Waals surface area contributed by atoms with Crippen molar-refractivity contribution in [1.82, 2.24) is 15.3 Å². The van der Waals surface area contributed by atoms with Crippen LogP contribution in [-0.2, 0) is 17.5 Å². The Bertz CT molecular complexity index is 1190. The molecular weight excluding hydrogens is 509 g/mol. The van der Waals surface area contributed by atoms with Gasteiger partial charge in [-0.25, -0.2) is 9.78 Å². The second-order valence-corrected chi connectivity index (χ2v) is 11.4. The third kappa shape index (κ3) is 7.52. The molecule has 0 saturated heterocycles. The van der Waals surface area contributed by atoms with Crippen molar-refractivity contribution in [2.24, 2.45) is 17.8 Å². The van der Waals surface area contributed by atoms with Crippen LogP contribution in [0.15, 0.2) is 30.5 Å². The summed E-state index contributed by atoms with van der Waals surface area (Å²) in [6.45, 7) is 6.02. The van der Waals surface area contributed by atoms with E-state index in [1.54, 1.807) is 6.07 Å². The largest absolute Gasteiger partial charge is 0.444 e. The molecule has 2 aromatic rings. The number of alkyl halides is 3. The number of nitrogens with one attached hydrogen (secondary N) is 3. The van der Waals surface area contributed by atoms with E-state index in [0.717, 1.165) is 38.2 Å². The summed E-state index contributed by atoms with van der Waals surface area (Å²) in [6, 6.07) is 7.51. The summed E-state index contributed by atoms with van der Waals surface area (Å²) in [6.07, 6.45) is 1.60. The van der Waals surface area contributed by atoms with E-state index >= 15 is 0 Å². The highest BCUT2D eigenvalue weighted by Gasteiger charge is 2.41. The smallest absolute Gasteiger partial charge is 0.416 e. The first-order chi connectivity index (χ1) is 18.4. The Balaban J connectivity index is 1.38. The summed E-state index contributed by atoms with van der Waals surface area (Å²) >= 11 is 0. The van der Waals surface area contributed by atoms with Gasteiger partial charge < -0.3 is 20.7 Å². The van der Waals surface area contributed by atoms with Crippen LogP contribution < -0.4 is 16.0 Å². The number of amides is 1. The van der Waals surface area contributed by atoms with Crippen molar-refractivity contribution in [2.45, 2.75) is 77.2 Å². The minimum absolute atomic E-state index is 0.0794. The number of alkyl carbamates (subject to hydrolysis) is 1. The number of nitrogens with zero attached hydrogens (tertiary/aromatic N) is 3. The molecule has 8 nitrogen and oxygen atoms in total. The van der Waals surface area contributed by atoms with Crippen LogP contribution >= 0.6 is 0 Å². The molecule has 2 bridgehead atoms. The molecule has 2 fully saturated rings. The predicted octanol–water partition coefficient (Wildman–Crippen LogP) is 6.11. The Kier molecular flexibility index (Phi) is 8.52. The zero-order valence-corrected chi connectivity index (χ0v) is 22.4. The van der Waals surface area contributed by atoms with Crippen molar-refractivity contribution >= 4 is 17.9 Å². The molecule has 11 heteroatoms. The molecule has 39 heavy (non-hydrogen) atoms. The SMILES string of the molecule is CC(C)(C)OC(=O)NC1[C@@H]2CCC[C@H]1CC(CNc1nc(NCc3ccccc3C(F)(F)F)ncc1C#N)C2. The summed E-state index contributed by atoms with van der Waals surface area (Å²) in [7, 11) is 0. The lowest BCUT2D eigenvalue weighted by atomic mass is 9.64. The van der Waals surface area contributed by atoms with E-state index in [2.05, 4.69) is 32.0 Å². The number of benzene rings is 1. The fraction of sp³-hybridized carbons (Fsp3) is 0.571. The number of carbonyl (C=O) groups is 1. The highest BCUT2D eigenvalue weighted by Crippen LogP contribution is 2.43. The zero-order chi connectivity index (χ0) is 28.2. The molecule has 1 heterocycles. The second-order valence-electron chi connectivity index (χ2n) is 11.4. The van der Waals surface area contributed by atoms with Crippen LogP contribution in [0, 0.1) is 29.1 Å². The van der Waals surface area contributed by atoms with Gasteiger partial charge in [0.15, 0.2) is 0 Å². The number of rotatable bonds is 7. The van der Waals surface area contributed by atoms with Crippen LogP contribution in [0.1, 0.15) is 69.6 Å². The third-order valence-electron chi connectivity index (χ3n) is 7.35. The van der Waals surface area contributed by atoms with Gasteiger partial charge in [0.25, 0.3) is 0 Å². The van der Waals surface area contributed by atoms with Crippen LogP contribution in [0.4, 0.5) is 29.7 Å². The van der Waals surface area contributed by atoms with Gasteiger partial charge in [0, 0.05) is 19.1 Å². The summed E-state index contributed by atoms with van der Waals surface area (Å²) in [4.78, 5) is 20.9. The van der Waals surface area contributed by atoms with Crippen molar-refractivity contribution in [3.8, 4) is 6.07 Å². The molecule has 0 spiro atoms. The fourth-order valence-corrected chi connectivity index (χ4v) is 5.76. The third-order valence-corrected chi connectivity index (χ3v) is 7.35. The van der Waals surface area contributed by atoms with E-state index < -0.39 is 17.3 Å². The van der Waals surface area contributed by atoms with E-state index in [-0.39, 0.29) is 35.8 Å². The van der Waals surface area contributed by atoms with Crippen LogP contribution in [0.2, 0.25) is 0 Å².